The van der Waals surface area contributed by atoms with E-state index >= 15 is 0 Å². The summed E-state index contributed by atoms with van der Waals surface area (Å²) in [7, 11) is -2.89. The van der Waals surface area contributed by atoms with Gasteiger partial charge in [-0.1, -0.05) is 46.0 Å². The standard InChI is InChI=1S/C19H41FO3Si/c1-9-11-12-13-14-15-18(20)19(7,8)23-24(10-2,21-16(3)4)22-17(5)6/h16-18H,9-15H2,1-8H3. The summed E-state index contributed by atoms with van der Waals surface area (Å²) in [5, 5.41) is 0. The second-order valence-electron chi connectivity index (χ2n) is 7.75. The molecule has 3 nitrogen and oxygen atoms in total. The van der Waals surface area contributed by atoms with Crippen molar-refractivity contribution in [3.63, 3.8) is 0 Å². The fourth-order valence-corrected chi connectivity index (χ4v) is 5.77. The first-order valence-corrected chi connectivity index (χ1v) is 11.7. The molecule has 0 rings (SSSR count). The van der Waals surface area contributed by atoms with Gasteiger partial charge in [0, 0.05) is 18.3 Å². The lowest BCUT2D eigenvalue weighted by Crippen LogP contribution is -2.55. The fraction of sp³-hybridized carbons (Fsp3) is 1.00. The van der Waals surface area contributed by atoms with Crippen LogP contribution in [0, 0.1) is 0 Å². The van der Waals surface area contributed by atoms with Crippen molar-refractivity contribution in [3.8, 4) is 0 Å². The van der Waals surface area contributed by atoms with Crippen molar-refractivity contribution in [1.29, 1.82) is 0 Å². The quantitative estimate of drug-likeness (QED) is 0.268. The Hall–Kier alpha value is 0.0269. The van der Waals surface area contributed by atoms with Crippen LogP contribution in [0.4, 0.5) is 4.39 Å². The summed E-state index contributed by atoms with van der Waals surface area (Å²) >= 11 is 0. The second-order valence-corrected chi connectivity index (χ2v) is 10.5. The van der Waals surface area contributed by atoms with Gasteiger partial charge in [-0.3, -0.25) is 0 Å². The highest BCUT2D eigenvalue weighted by Gasteiger charge is 2.48. The predicted molar refractivity (Wildman–Crippen MR) is 102 cm³/mol. The highest BCUT2D eigenvalue weighted by molar-refractivity contribution is 6.60. The molecule has 1 unspecified atom stereocenters. The Morgan fingerprint density at radius 1 is 0.875 bits per heavy atom. The van der Waals surface area contributed by atoms with E-state index in [-0.39, 0.29) is 12.2 Å². The van der Waals surface area contributed by atoms with Crippen LogP contribution in [0.5, 0.6) is 0 Å². The smallest absolute Gasteiger partial charge is 0.371 e. The summed E-state index contributed by atoms with van der Waals surface area (Å²) in [5.41, 5.74) is -0.892. The molecule has 0 aliphatic carbocycles. The Morgan fingerprint density at radius 3 is 1.79 bits per heavy atom. The van der Waals surface area contributed by atoms with Gasteiger partial charge in [-0.25, -0.2) is 4.39 Å². The lowest BCUT2D eigenvalue weighted by atomic mass is 9.97. The van der Waals surface area contributed by atoms with E-state index in [9.17, 15) is 4.39 Å². The highest BCUT2D eigenvalue weighted by atomic mass is 28.4. The Labute approximate surface area is 151 Å². The molecule has 0 heterocycles. The van der Waals surface area contributed by atoms with E-state index in [1.165, 1.54) is 19.3 Å². The number of halogens is 1. The van der Waals surface area contributed by atoms with Gasteiger partial charge in [0.15, 0.2) is 0 Å². The van der Waals surface area contributed by atoms with Crippen LogP contribution in [0.3, 0.4) is 0 Å². The van der Waals surface area contributed by atoms with E-state index in [2.05, 4.69) is 6.92 Å². The summed E-state index contributed by atoms with van der Waals surface area (Å²) in [4.78, 5) is 0. The maximum Gasteiger partial charge on any atom is 0.501 e. The van der Waals surface area contributed by atoms with Crippen molar-refractivity contribution in [2.24, 2.45) is 0 Å². The average Bonchev–Trinajstić information content (AvgIpc) is 2.44. The van der Waals surface area contributed by atoms with E-state index in [1.807, 2.05) is 48.5 Å². The van der Waals surface area contributed by atoms with Crippen LogP contribution >= 0.6 is 0 Å². The molecule has 0 aromatic heterocycles. The van der Waals surface area contributed by atoms with Gasteiger partial charge in [0.25, 0.3) is 0 Å². The van der Waals surface area contributed by atoms with Gasteiger partial charge in [-0.2, -0.15) is 0 Å². The summed E-state index contributed by atoms with van der Waals surface area (Å²) < 4.78 is 33.2. The Kier molecular flexibility index (Phi) is 11.6. The summed E-state index contributed by atoms with van der Waals surface area (Å²) in [6.07, 6.45) is 5.14. The predicted octanol–water partition coefficient (Wildman–Crippen LogP) is 6.29. The normalized spacial score (nSPS) is 14.6. The van der Waals surface area contributed by atoms with Crippen molar-refractivity contribution < 1.29 is 17.7 Å². The van der Waals surface area contributed by atoms with Crippen molar-refractivity contribution in [2.45, 2.75) is 124 Å². The third kappa shape index (κ3) is 9.49. The molecular formula is C19H41FO3Si. The van der Waals surface area contributed by atoms with Gasteiger partial charge in [-0.15, -0.1) is 0 Å². The van der Waals surface area contributed by atoms with Gasteiger partial charge in [0.2, 0.25) is 0 Å². The minimum absolute atomic E-state index is 0.00160. The van der Waals surface area contributed by atoms with E-state index < -0.39 is 20.6 Å². The Bertz CT molecular complexity index is 312. The van der Waals surface area contributed by atoms with E-state index in [4.69, 9.17) is 13.3 Å². The lowest BCUT2D eigenvalue weighted by molar-refractivity contribution is -0.0709. The summed E-state index contributed by atoms with van der Waals surface area (Å²) in [5.74, 6) is 0. The number of hydrogen-bond donors (Lipinski definition) is 0. The molecule has 0 saturated carbocycles. The Morgan fingerprint density at radius 2 is 1.38 bits per heavy atom. The molecule has 0 amide bonds. The first-order valence-electron chi connectivity index (χ1n) is 9.78. The zero-order valence-corrected chi connectivity index (χ0v) is 18.3. The first kappa shape index (κ1) is 24.0. The SMILES string of the molecule is CCCCCCCC(F)C(C)(C)O[Si](CC)(OC(C)C)OC(C)C. The molecule has 0 saturated heterocycles. The van der Waals surface area contributed by atoms with Crippen LogP contribution in [-0.2, 0) is 13.3 Å². The molecule has 0 aromatic rings. The van der Waals surface area contributed by atoms with Crippen LogP contribution in [0.15, 0.2) is 0 Å². The molecule has 0 radical (unpaired) electrons. The largest absolute Gasteiger partial charge is 0.501 e. The minimum atomic E-state index is -2.89. The molecular weight excluding hydrogens is 323 g/mol. The highest BCUT2D eigenvalue weighted by Crippen LogP contribution is 2.31. The molecule has 0 bridgehead atoms. The first-order chi connectivity index (χ1) is 11.1. The number of rotatable bonds is 14. The monoisotopic (exact) mass is 364 g/mol. The third-order valence-corrected chi connectivity index (χ3v) is 7.36. The fourth-order valence-electron chi connectivity index (χ4n) is 2.77. The number of unbranched alkanes of at least 4 members (excludes halogenated alkanes) is 4. The zero-order chi connectivity index (χ0) is 18.8. The van der Waals surface area contributed by atoms with Crippen molar-refractivity contribution >= 4 is 8.80 Å². The average molecular weight is 365 g/mol. The van der Waals surface area contributed by atoms with Crippen LogP contribution in [-0.4, -0.2) is 32.8 Å². The van der Waals surface area contributed by atoms with Crippen LogP contribution in [0.1, 0.15) is 93.9 Å². The van der Waals surface area contributed by atoms with Crippen LogP contribution < -0.4 is 0 Å². The molecule has 146 valence electrons. The Balaban J connectivity index is 4.81. The molecule has 1 atom stereocenters. The van der Waals surface area contributed by atoms with Crippen molar-refractivity contribution in [2.75, 3.05) is 0 Å². The molecule has 0 N–H and O–H groups in total. The number of alkyl halides is 1. The maximum absolute atomic E-state index is 14.8. The lowest BCUT2D eigenvalue weighted by Gasteiger charge is -2.40. The summed E-state index contributed by atoms with van der Waals surface area (Å²) in [6, 6.07) is 0.649. The van der Waals surface area contributed by atoms with Gasteiger partial charge >= 0.3 is 8.80 Å². The molecule has 0 fully saturated rings. The maximum atomic E-state index is 14.8. The topological polar surface area (TPSA) is 27.7 Å². The van der Waals surface area contributed by atoms with Crippen molar-refractivity contribution in [1.82, 2.24) is 0 Å². The molecule has 0 aromatic carbocycles. The van der Waals surface area contributed by atoms with Crippen molar-refractivity contribution in [3.05, 3.63) is 0 Å². The van der Waals surface area contributed by atoms with E-state index in [0.29, 0.717) is 12.5 Å². The van der Waals surface area contributed by atoms with Crippen LogP contribution in [0.25, 0.3) is 0 Å². The van der Waals surface area contributed by atoms with Gasteiger partial charge in [0.1, 0.15) is 6.17 Å². The molecule has 24 heavy (non-hydrogen) atoms. The zero-order valence-electron chi connectivity index (χ0n) is 17.3. The minimum Gasteiger partial charge on any atom is -0.371 e. The van der Waals surface area contributed by atoms with E-state index in [1.54, 1.807) is 0 Å². The van der Waals surface area contributed by atoms with Gasteiger partial charge < -0.3 is 13.3 Å². The number of hydrogen-bond acceptors (Lipinski definition) is 3. The molecule has 0 spiro atoms. The summed E-state index contributed by atoms with van der Waals surface area (Å²) in [6.45, 7) is 15.7. The van der Waals surface area contributed by atoms with Gasteiger partial charge in [0.05, 0.1) is 5.60 Å². The second kappa shape index (κ2) is 11.6. The van der Waals surface area contributed by atoms with Crippen LogP contribution in [0.2, 0.25) is 6.04 Å². The van der Waals surface area contributed by atoms with Gasteiger partial charge in [-0.05, 0) is 48.0 Å². The van der Waals surface area contributed by atoms with E-state index in [0.717, 1.165) is 12.8 Å². The molecule has 0 aliphatic heterocycles. The molecule has 0 aliphatic rings. The third-order valence-electron chi connectivity index (χ3n) is 4.00. The molecule has 5 heteroatoms.